The van der Waals surface area contributed by atoms with Crippen molar-refractivity contribution in [2.45, 2.75) is 0 Å². The molecule has 108 valence electrons. The Morgan fingerprint density at radius 1 is 0.905 bits per heavy atom. The molecule has 3 N–H and O–H groups in total. The average Bonchev–Trinajstić information content (AvgIpc) is 2.48. The lowest BCUT2D eigenvalue weighted by atomic mass is 10.2. The summed E-state index contributed by atoms with van der Waals surface area (Å²) in [6, 6.07) is 10.8. The van der Waals surface area contributed by atoms with Gasteiger partial charge in [-0.25, -0.2) is 14.6 Å². The summed E-state index contributed by atoms with van der Waals surface area (Å²) >= 11 is 5.72. The number of nitrogens with one attached hydrogen (secondary N) is 3. The SMILES string of the molecule is O=C(NNC(=O)c1ccc(F)cc1)Nc1ccc(Cl)cc1. The number of amides is 3. The van der Waals surface area contributed by atoms with Crippen LogP contribution in [0.25, 0.3) is 0 Å². The summed E-state index contributed by atoms with van der Waals surface area (Å²) in [4.78, 5) is 23.2. The van der Waals surface area contributed by atoms with E-state index in [-0.39, 0.29) is 5.56 Å². The van der Waals surface area contributed by atoms with Crippen molar-refractivity contribution >= 4 is 29.2 Å². The first kappa shape index (κ1) is 14.8. The van der Waals surface area contributed by atoms with E-state index in [1.807, 2.05) is 0 Å². The molecule has 0 unspecified atom stereocenters. The molecule has 2 rings (SSSR count). The lowest BCUT2D eigenvalue weighted by molar-refractivity contribution is 0.0938. The van der Waals surface area contributed by atoms with Gasteiger partial charge < -0.3 is 5.32 Å². The Labute approximate surface area is 125 Å². The Morgan fingerprint density at radius 2 is 1.52 bits per heavy atom. The number of hydrazine groups is 1. The van der Waals surface area contributed by atoms with Gasteiger partial charge in [0.2, 0.25) is 0 Å². The topological polar surface area (TPSA) is 70.2 Å². The zero-order valence-corrected chi connectivity index (χ0v) is 11.4. The molecular weight excluding hydrogens is 297 g/mol. The van der Waals surface area contributed by atoms with E-state index in [1.165, 1.54) is 12.1 Å². The molecule has 0 bridgehead atoms. The third-order valence-electron chi connectivity index (χ3n) is 2.50. The highest BCUT2D eigenvalue weighted by molar-refractivity contribution is 6.30. The van der Waals surface area contributed by atoms with Gasteiger partial charge >= 0.3 is 6.03 Å². The molecule has 21 heavy (non-hydrogen) atoms. The second-order valence-corrected chi connectivity index (χ2v) is 4.48. The lowest BCUT2D eigenvalue weighted by Crippen LogP contribution is -2.43. The van der Waals surface area contributed by atoms with E-state index < -0.39 is 17.8 Å². The number of rotatable bonds is 2. The van der Waals surface area contributed by atoms with Crippen LogP contribution >= 0.6 is 11.6 Å². The fourth-order valence-electron chi connectivity index (χ4n) is 1.48. The van der Waals surface area contributed by atoms with Crippen LogP contribution in [0.1, 0.15) is 10.4 Å². The number of hydrogen-bond donors (Lipinski definition) is 3. The molecule has 0 radical (unpaired) electrons. The summed E-state index contributed by atoms with van der Waals surface area (Å²) in [5.41, 5.74) is 5.13. The van der Waals surface area contributed by atoms with Gasteiger partial charge in [-0.15, -0.1) is 0 Å². The van der Waals surface area contributed by atoms with E-state index in [4.69, 9.17) is 11.6 Å². The normalized spacial score (nSPS) is 9.81. The summed E-state index contributed by atoms with van der Waals surface area (Å²) in [5, 5.41) is 3.05. The van der Waals surface area contributed by atoms with Gasteiger partial charge in [-0.05, 0) is 48.5 Å². The molecule has 0 aliphatic heterocycles. The van der Waals surface area contributed by atoms with Crippen LogP contribution in [0.5, 0.6) is 0 Å². The molecule has 0 saturated carbocycles. The van der Waals surface area contributed by atoms with E-state index in [2.05, 4.69) is 16.2 Å². The molecule has 3 amide bonds. The van der Waals surface area contributed by atoms with Crippen molar-refractivity contribution in [2.75, 3.05) is 5.32 Å². The van der Waals surface area contributed by atoms with Crippen LogP contribution in [0, 0.1) is 5.82 Å². The molecule has 0 aliphatic carbocycles. The summed E-state index contributed by atoms with van der Waals surface area (Å²) < 4.78 is 12.7. The number of carbonyl (C=O) groups is 2. The van der Waals surface area contributed by atoms with Crippen molar-refractivity contribution in [3.8, 4) is 0 Å². The van der Waals surface area contributed by atoms with Gasteiger partial charge in [0.1, 0.15) is 5.82 Å². The maximum Gasteiger partial charge on any atom is 0.337 e. The van der Waals surface area contributed by atoms with Gasteiger partial charge in [-0.1, -0.05) is 11.6 Å². The number of anilines is 1. The van der Waals surface area contributed by atoms with Crippen molar-refractivity contribution in [2.24, 2.45) is 0 Å². The highest BCUT2D eigenvalue weighted by Crippen LogP contribution is 2.12. The van der Waals surface area contributed by atoms with Crippen LogP contribution in [0.15, 0.2) is 48.5 Å². The largest absolute Gasteiger partial charge is 0.337 e. The number of benzene rings is 2. The van der Waals surface area contributed by atoms with E-state index in [9.17, 15) is 14.0 Å². The monoisotopic (exact) mass is 307 g/mol. The molecule has 0 saturated heterocycles. The first-order valence-corrected chi connectivity index (χ1v) is 6.31. The quantitative estimate of drug-likeness (QED) is 0.747. The average molecular weight is 308 g/mol. The van der Waals surface area contributed by atoms with E-state index in [0.29, 0.717) is 10.7 Å². The van der Waals surface area contributed by atoms with Crippen LogP contribution in [0.3, 0.4) is 0 Å². The smallest absolute Gasteiger partial charge is 0.307 e. The molecule has 0 aromatic heterocycles. The summed E-state index contributed by atoms with van der Waals surface area (Å²) in [7, 11) is 0. The van der Waals surface area contributed by atoms with Gasteiger partial charge in [-0.3, -0.25) is 10.2 Å². The molecule has 0 aliphatic rings. The summed E-state index contributed by atoms with van der Waals surface area (Å²) in [5.74, 6) is -0.999. The number of carbonyl (C=O) groups excluding carboxylic acids is 2. The highest BCUT2D eigenvalue weighted by Gasteiger charge is 2.07. The summed E-state index contributed by atoms with van der Waals surface area (Å²) in [6.45, 7) is 0. The molecule has 0 atom stereocenters. The first-order chi connectivity index (χ1) is 10.0. The Balaban J connectivity index is 1.84. The predicted molar refractivity (Wildman–Crippen MR) is 77.5 cm³/mol. The van der Waals surface area contributed by atoms with E-state index in [1.54, 1.807) is 24.3 Å². The molecular formula is C14H11ClFN3O2. The van der Waals surface area contributed by atoms with Crippen molar-refractivity contribution < 1.29 is 14.0 Å². The molecule has 0 fully saturated rings. The second-order valence-electron chi connectivity index (χ2n) is 4.05. The standard InChI is InChI=1S/C14H11ClFN3O2/c15-10-3-7-12(8-4-10)17-14(21)19-18-13(20)9-1-5-11(16)6-2-9/h1-8H,(H,18,20)(H2,17,19,21). The molecule has 5 nitrogen and oxygen atoms in total. The molecule has 7 heteroatoms. The third-order valence-corrected chi connectivity index (χ3v) is 2.75. The van der Waals surface area contributed by atoms with Gasteiger partial charge in [0.15, 0.2) is 0 Å². The van der Waals surface area contributed by atoms with Crippen molar-refractivity contribution in [3.63, 3.8) is 0 Å². The minimum absolute atomic E-state index is 0.225. The van der Waals surface area contributed by atoms with Crippen LogP contribution in [-0.4, -0.2) is 11.9 Å². The molecule has 0 heterocycles. The van der Waals surface area contributed by atoms with Gasteiger partial charge in [-0.2, -0.15) is 0 Å². The van der Waals surface area contributed by atoms with Crippen molar-refractivity contribution in [1.29, 1.82) is 0 Å². The van der Waals surface area contributed by atoms with Crippen molar-refractivity contribution in [3.05, 3.63) is 64.9 Å². The number of hydrogen-bond acceptors (Lipinski definition) is 2. The number of halogens is 2. The van der Waals surface area contributed by atoms with E-state index >= 15 is 0 Å². The van der Waals surface area contributed by atoms with Gasteiger partial charge in [0, 0.05) is 16.3 Å². The minimum Gasteiger partial charge on any atom is -0.307 e. The molecule has 0 spiro atoms. The second kappa shape index (κ2) is 6.71. The Bertz CT molecular complexity index is 644. The molecule has 2 aromatic carbocycles. The van der Waals surface area contributed by atoms with Crippen LogP contribution in [0.2, 0.25) is 5.02 Å². The fraction of sp³-hybridized carbons (Fsp3) is 0. The van der Waals surface area contributed by atoms with Gasteiger partial charge in [0.25, 0.3) is 5.91 Å². The van der Waals surface area contributed by atoms with Gasteiger partial charge in [0.05, 0.1) is 0 Å². The van der Waals surface area contributed by atoms with Crippen LogP contribution in [-0.2, 0) is 0 Å². The summed E-state index contributed by atoms with van der Waals surface area (Å²) in [6.07, 6.45) is 0. The Hall–Kier alpha value is -2.60. The van der Waals surface area contributed by atoms with E-state index in [0.717, 1.165) is 12.1 Å². The van der Waals surface area contributed by atoms with Crippen LogP contribution in [0.4, 0.5) is 14.9 Å². The molecule has 2 aromatic rings. The Morgan fingerprint density at radius 3 is 2.14 bits per heavy atom. The highest BCUT2D eigenvalue weighted by atomic mass is 35.5. The Kier molecular flexibility index (Phi) is 4.73. The minimum atomic E-state index is -0.618. The lowest BCUT2D eigenvalue weighted by Gasteiger charge is -2.09. The zero-order valence-electron chi connectivity index (χ0n) is 10.7. The first-order valence-electron chi connectivity index (χ1n) is 5.93. The van der Waals surface area contributed by atoms with Crippen LogP contribution < -0.4 is 16.2 Å². The fourth-order valence-corrected chi connectivity index (χ4v) is 1.61. The number of urea groups is 1. The predicted octanol–water partition coefficient (Wildman–Crippen LogP) is 2.95. The third kappa shape index (κ3) is 4.47. The van der Waals surface area contributed by atoms with Crippen molar-refractivity contribution in [1.82, 2.24) is 10.9 Å². The maximum absolute atomic E-state index is 12.7. The zero-order chi connectivity index (χ0) is 15.2. The maximum atomic E-state index is 12.7.